The van der Waals surface area contributed by atoms with Crippen LogP contribution in [0.4, 0.5) is 8.78 Å². The van der Waals surface area contributed by atoms with Crippen molar-refractivity contribution in [3.8, 4) is 11.5 Å². The van der Waals surface area contributed by atoms with E-state index >= 15 is 0 Å². The number of ether oxygens (including phenoxy) is 1. The average Bonchev–Trinajstić information content (AvgIpc) is 2.32. The van der Waals surface area contributed by atoms with E-state index in [4.69, 9.17) is 4.74 Å². The Hall–Kier alpha value is -1.46. The van der Waals surface area contributed by atoms with Gasteiger partial charge in [-0.3, -0.25) is 0 Å². The van der Waals surface area contributed by atoms with Gasteiger partial charge in [0, 0.05) is 10.5 Å². The summed E-state index contributed by atoms with van der Waals surface area (Å²) in [5.74, 6) is -1.09. The van der Waals surface area contributed by atoms with E-state index in [1.54, 1.807) is 25.1 Å². The van der Waals surface area contributed by atoms with E-state index < -0.39 is 17.7 Å². The molecule has 100 valence electrons. The summed E-state index contributed by atoms with van der Waals surface area (Å²) in [6, 6.07) is 8.00. The van der Waals surface area contributed by atoms with Crippen molar-refractivity contribution < 1.29 is 18.6 Å². The van der Waals surface area contributed by atoms with Gasteiger partial charge in [0.25, 0.3) is 0 Å². The number of aliphatic hydroxyl groups is 1. The third-order valence-corrected chi connectivity index (χ3v) is 3.23. The van der Waals surface area contributed by atoms with Crippen LogP contribution in [0.15, 0.2) is 40.9 Å². The fraction of sp³-hybridized carbons (Fsp3) is 0.143. The highest BCUT2D eigenvalue weighted by molar-refractivity contribution is 9.10. The molecule has 0 aliphatic rings. The molecule has 2 nitrogen and oxygen atoms in total. The average molecular weight is 329 g/mol. The van der Waals surface area contributed by atoms with E-state index in [0.717, 1.165) is 12.1 Å². The summed E-state index contributed by atoms with van der Waals surface area (Å²) < 4.78 is 32.2. The van der Waals surface area contributed by atoms with Gasteiger partial charge in [-0.05, 0) is 36.8 Å². The van der Waals surface area contributed by atoms with E-state index in [-0.39, 0.29) is 5.75 Å². The van der Waals surface area contributed by atoms with Crippen LogP contribution in [0, 0.1) is 11.6 Å². The lowest BCUT2D eigenvalue weighted by molar-refractivity contribution is 0.198. The number of benzene rings is 2. The lowest BCUT2D eigenvalue weighted by Crippen LogP contribution is -1.94. The van der Waals surface area contributed by atoms with E-state index in [1.807, 2.05) is 0 Å². The summed E-state index contributed by atoms with van der Waals surface area (Å²) in [4.78, 5) is 0. The first-order valence-electron chi connectivity index (χ1n) is 5.58. The Kier molecular flexibility index (Phi) is 4.17. The molecule has 0 unspecified atom stereocenters. The summed E-state index contributed by atoms with van der Waals surface area (Å²) in [6.07, 6.45) is -0.619. The van der Waals surface area contributed by atoms with Gasteiger partial charge in [0.2, 0.25) is 0 Å². The molecule has 0 aromatic heterocycles. The second-order valence-corrected chi connectivity index (χ2v) is 4.89. The SMILES string of the molecule is C[C@@H](O)c1ccc(Oc2ccc(F)cc2F)cc1Br. The second kappa shape index (κ2) is 5.67. The van der Waals surface area contributed by atoms with Gasteiger partial charge in [-0.2, -0.15) is 0 Å². The fourth-order valence-corrected chi connectivity index (χ4v) is 2.28. The summed E-state index contributed by atoms with van der Waals surface area (Å²) >= 11 is 3.30. The van der Waals surface area contributed by atoms with Crippen LogP contribution in [0.3, 0.4) is 0 Å². The molecule has 0 saturated carbocycles. The topological polar surface area (TPSA) is 29.5 Å². The molecule has 19 heavy (non-hydrogen) atoms. The molecular weight excluding hydrogens is 318 g/mol. The maximum absolute atomic E-state index is 13.4. The molecule has 1 atom stereocenters. The molecule has 0 saturated heterocycles. The van der Waals surface area contributed by atoms with Crippen LogP contribution in [-0.4, -0.2) is 5.11 Å². The van der Waals surface area contributed by atoms with E-state index in [1.165, 1.54) is 6.07 Å². The first kappa shape index (κ1) is 14.0. The molecule has 0 aliphatic carbocycles. The Labute approximate surface area is 117 Å². The lowest BCUT2D eigenvalue weighted by atomic mass is 10.1. The summed E-state index contributed by atoms with van der Waals surface area (Å²) in [7, 11) is 0. The third-order valence-electron chi connectivity index (χ3n) is 2.54. The largest absolute Gasteiger partial charge is 0.454 e. The Balaban J connectivity index is 2.26. The Morgan fingerprint density at radius 1 is 1.16 bits per heavy atom. The van der Waals surface area contributed by atoms with E-state index in [9.17, 15) is 13.9 Å². The van der Waals surface area contributed by atoms with Gasteiger partial charge in [0.1, 0.15) is 11.6 Å². The fourth-order valence-electron chi connectivity index (χ4n) is 1.60. The predicted octanol–water partition coefficient (Wildman–Crippen LogP) is 4.57. The molecule has 0 spiro atoms. The van der Waals surface area contributed by atoms with Crippen molar-refractivity contribution in [2.75, 3.05) is 0 Å². The van der Waals surface area contributed by atoms with E-state index in [0.29, 0.717) is 15.8 Å². The van der Waals surface area contributed by atoms with Crippen LogP contribution in [0.5, 0.6) is 11.5 Å². The highest BCUT2D eigenvalue weighted by Crippen LogP contribution is 2.31. The number of rotatable bonds is 3. The van der Waals surface area contributed by atoms with Crippen molar-refractivity contribution in [2.24, 2.45) is 0 Å². The Morgan fingerprint density at radius 3 is 2.47 bits per heavy atom. The zero-order valence-corrected chi connectivity index (χ0v) is 11.6. The molecule has 0 fully saturated rings. The van der Waals surface area contributed by atoms with Crippen molar-refractivity contribution in [1.82, 2.24) is 0 Å². The standard InChI is InChI=1S/C14H11BrF2O2/c1-8(18)11-4-3-10(7-12(11)15)19-14-5-2-9(16)6-13(14)17/h2-8,18H,1H3/t8-/m1/s1. The third kappa shape index (κ3) is 3.30. The zero-order valence-electron chi connectivity index (χ0n) is 10.0. The van der Waals surface area contributed by atoms with Gasteiger partial charge in [0.05, 0.1) is 6.10 Å². The number of aliphatic hydroxyl groups excluding tert-OH is 1. The predicted molar refractivity (Wildman–Crippen MR) is 71.2 cm³/mol. The summed E-state index contributed by atoms with van der Waals surface area (Å²) in [5.41, 5.74) is 0.701. The van der Waals surface area contributed by atoms with Crippen molar-refractivity contribution in [1.29, 1.82) is 0 Å². The van der Waals surface area contributed by atoms with Crippen molar-refractivity contribution in [2.45, 2.75) is 13.0 Å². The smallest absolute Gasteiger partial charge is 0.168 e. The van der Waals surface area contributed by atoms with Crippen LogP contribution >= 0.6 is 15.9 Å². The number of halogens is 3. The molecule has 0 aliphatic heterocycles. The first-order valence-corrected chi connectivity index (χ1v) is 6.37. The lowest BCUT2D eigenvalue weighted by Gasteiger charge is -2.11. The Morgan fingerprint density at radius 2 is 1.89 bits per heavy atom. The highest BCUT2D eigenvalue weighted by atomic mass is 79.9. The molecule has 5 heteroatoms. The number of hydrogen-bond acceptors (Lipinski definition) is 2. The summed E-state index contributed by atoms with van der Waals surface area (Å²) in [6.45, 7) is 1.64. The van der Waals surface area contributed by atoms with Crippen LogP contribution < -0.4 is 4.74 Å². The van der Waals surface area contributed by atoms with Crippen molar-refractivity contribution in [3.63, 3.8) is 0 Å². The van der Waals surface area contributed by atoms with Gasteiger partial charge >= 0.3 is 0 Å². The van der Waals surface area contributed by atoms with Crippen molar-refractivity contribution in [3.05, 3.63) is 58.1 Å². The minimum atomic E-state index is -0.768. The molecule has 2 aromatic rings. The molecule has 0 heterocycles. The monoisotopic (exact) mass is 328 g/mol. The molecule has 2 aromatic carbocycles. The van der Waals surface area contributed by atoms with E-state index in [2.05, 4.69) is 15.9 Å². The molecule has 2 rings (SSSR count). The Bertz CT molecular complexity index is 600. The van der Waals surface area contributed by atoms with Crippen LogP contribution in [0.25, 0.3) is 0 Å². The zero-order chi connectivity index (χ0) is 14.0. The minimum absolute atomic E-state index is 0.0573. The molecule has 0 radical (unpaired) electrons. The van der Waals surface area contributed by atoms with Gasteiger partial charge in [0.15, 0.2) is 11.6 Å². The maximum atomic E-state index is 13.4. The van der Waals surface area contributed by atoms with Crippen molar-refractivity contribution >= 4 is 15.9 Å². The molecule has 1 N–H and O–H groups in total. The number of hydrogen-bond donors (Lipinski definition) is 1. The highest BCUT2D eigenvalue weighted by Gasteiger charge is 2.10. The van der Waals surface area contributed by atoms with Crippen LogP contribution in [0.2, 0.25) is 0 Å². The van der Waals surface area contributed by atoms with Crippen LogP contribution in [-0.2, 0) is 0 Å². The first-order chi connectivity index (χ1) is 8.97. The molecule has 0 amide bonds. The van der Waals surface area contributed by atoms with Gasteiger partial charge in [-0.1, -0.05) is 22.0 Å². The maximum Gasteiger partial charge on any atom is 0.168 e. The normalized spacial score (nSPS) is 12.3. The van der Waals surface area contributed by atoms with Gasteiger partial charge < -0.3 is 9.84 Å². The van der Waals surface area contributed by atoms with Gasteiger partial charge in [-0.15, -0.1) is 0 Å². The summed E-state index contributed by atoms with van der Waals surface area (Å²) in [5, 5.41) is 9.49. The molecule has 0 bridgehead atoms. The van der Waals surface area contributed by atoms with Crippen LogP contribution in [0.1, 0.15) is 18.6 Å². The minimum Gasteiger partial charge on any atom is -0.454 e. The van der Waals surface area contributed by atoms with Gasteiger partial charge in [-0.25, -0.2) is 8.78 Å². The second-order valence-electron chi connectivity index (χ2n) is 4.04. The molecular formula is C14H11BrF2O2. The quantitative estimate of drug-likeness (QED) is 0.894.